The molecule has 76 valence electrons. The molecule has 0 bridgehead atoms. The van der Waals surface area contributed by atoms with Gasteiger partial charge in [0, 0.05) is 18.1 Å². The molecular formula is C11H22N2. The first-order chi connectivity index (χ1) is 6.13. The first-order valence-electron chi connectivity index (χ1n) is 5.55. The molecule has 1 atom stereocenters. The Hall–Kier alpha value is -0.0800. The van der Waals surface area contributed by atoms with E-state index in [2.05, 4.69) is 31.1 Å². The number of rotatable bonds is 3. The van der Waals surface area contributed by atoms with Gasteiger partial charge in [0.15, 0.2) is 0 Å². The van der Waals surface area contributed by atoms with Crippen molar-refractivity contribution in [3.8, 4) is 0 Å². The van der Waals surface area contributed by atoms with Crippen LogP contribution in [0.4, 0.5) is 0 Å². The van der Waals surface area contributed by atoms with Crippen molar-refractivity contribution >= 4 is 0 Å². The first kappa shape index (κ1) is 9.47. The second-order valence-electron chi connectivity index (χ2n) is 5.32. The van der Waals surface area contributed by atoms with E-state index in [1.165, 1.54) is 32.4 Å². The van der Waals surface area contributed by atoms with Crippen molar-refractivity contribution in [1.29, 1.82) is 0 Å². The van der Waals surface area contributed by atoms with Crippen LogP contribution in [0, 0.1) is 5.92 Å². The third kappa shape index (κ3) is 1.89. The highest BCUT2D eigenvalue weighted by Gasteiger charge is 2.44. The first-order valence-corrected chi connectivity index (χ1v) is 5.55. The molecule has 1 saturated heterocycles. The summed E-state index contributed by atoms with van der Waals surface area (Å²) in [6.07, 6.45) is 4.25. The molecule has 2 aliphatic rings. The molecular weight excluding hydrogens is 160 g/mol. The molecule has 0 spiro atoms. The maximum atomic E-state index is 3.30. The summed E-state index contributed by atoms with van der Waals surface area (Å²) in [7, 11) is 2.06. The van der Waals surface area contributed by atoms with Gasteiger partial charge in [0.2, 0.25) is 0 Å². The highest BCUT2D eigenvalue weighted by atomic mass is 15.3. The van der Waals surface area contributed by atoms with Crippen molar-refractivity contribution in [2.75, 3.05) is 20.1 Å². The minimum absolute atomic E-state index is 0.461. The molecule has 13 heavy (non-hydrogen) atoms. The molecule has 2 rings (SSSR count). The molecule has 0 radical (unpaired) electrons. The van der Waals surface area contributed by atoms with E-state index in [9.17, 15) is 0 Å². The Morgan fingerprint density at radius 1 is 1.38 bits per heavy atom. The minimum Gasteiger partial charge on any atom is -0.319 e. The van der Waals surface area contributed by atoms with Crippen LogP contribution in [0.1, 0.15) is 33.1 Å². The Morgan fingerprint density at radius 2 is 2.08 bits per heavy atom. The number of hydrogen-bond acceptors (Lipinski definition) is 2. The molecule has 1 saturated carbocycles. The lowest BCUT2D eigenvalue weighted by atomic mass is 9.96. The van der Waals surface area contributed by atoms with E-state index < -0.39 is 0 Å². The molecule has 0 aromatic carbocycles. The van der Waals surface area contributed by atoms with Crippen LogP contribution < -0.4 is 5.32 Å². The third-order valence-corrected chi connectivity index (χ3v) is 3.50. The fraction of sp³-hybridized carbons (Fsp3) is 1.00. The van der Waals surface area contributed by atoms with E-state index in [1.807, 2.05) is 0 Å². The summed E-state index contributed by atoms with van der Waals surface area (Å²) in [4.78, 5) is 2.73. The molecule has 2 nitrogen and oxygen atoms in total. The number of hydrogen-bond donors (Lipinski definition) is 1. The SMILES string of the molecule is CNCC1CN(C2CC2)C(C)(C)C1. The van der Waals surface area contributed by atoms with Crippen LogP contribution in [0.3, 0.4) is 0 Å². The van der Waals surface area contributed by atoms with Crippen molar-refractivity contribution in [3.05, 3.63) is 0 Å². The molecule has 0 aromatic heterocycles. The topological polar surface area (TPSA) is 15.3 Å². The van der Waals surface area contributed by atoms with E-state index in [1.54, 1.807) is 0 Å². The summed E-state index contributed by atoms with van der Waals surface area (Å²) in [5, 5.41) is 3.30. The number of nitrogens with one attached hydrogen (secondary N) is 1. The van der Waals surface area contributed by atoms with Gasteiger partial charge in [-0.3, -0.25) is 4.90 Å². The highest BCUT2D eigenvalue weighted by Crippen LogP contribution is 2.41. The van der Waals surface area contributed by atoms with Gasteiger partial charge in [-0.15, -0.1) is 0 Å². The lowest BCUT2D eigenvalue weighted by molar-refractivity contribution is 0.165. The van der Waals surface area contributed by atoms with Crippen molar-refractivity contribution in [2.45, 2.75) is 44.7 Å². The summed E-state index contributed by atoms with van der Waals surface area (Å²) >= 11 is 0. The van der Waals surface area contributed by atoms with Crippen LogP contribution in [0.5, 0.6) is 0 Å². The van der Waals surface area contributed by atoms with Crippen molar-refractivity contribution < 1.29 is 0 Å². The zero-order chi connectivity index (χ0) is 9.47. The van der Waals surface area contributed by atoms with Gasteiger partial charge in [0.1, 0.15) is 0 Å². The number of nitrogens with zero attached hydrogens (tertiary/aromatic N) is 1. The summed E-state index contributed by atoms with van der Waals surface area (Å²) < 4.78 is 0. The van der Waals surface area contributed by atoms with Crippen LogP contribution in [0.25, 0.3) is 0 Å². The van der Waals surface area contributed by atoms with Gasteiger partial charge in [-0.05, 0) is 52.6 Å². The van der Waals surface area contributed by atoms with E-state index in [-0.39, 0.29) is 0 Å². The maximum Gasteiger partial charge on any atom is 0.0159 e. The fourth-order valence-corrected chi connectivity index (χ4v) is 2.87. The van der Waals surface area contributed by atoms with E-state index >= 15 is 0 Å². The van der Waals surface area contributed by atoms with Crippen LogP contribution in [0.2, 0.25) is 0 Å². The van der Waals surface area contributed by atoms with E-state index in [4.69, 9.17) is 0 Å². The Labute approximate surface area is 81.7 Å². The molecule has 0 aromatic rings. The zero-order valence-corrected chi connectivity index (χ0v) is 9.14. The quantitative estimate of drug-likeness (QED) is 0.711. The second kappa shape index (κ2) is 3.25. The van der Waals surface area contributed by atoms with Gasteiger partial charge in [0.05, 0.1) is 0 Å². The van der Waals surface area contributed by atoms with Crippen molar-refractivity contribution in [3.63, 3.8) is 0 Å². The zero-order valence-electron chi connectivity index (χ0n) is 9.14. The van der Waals surface area contributed by atoms with Gasteiger partial charge < -0.3 is 5.32 Å². The summed E-state index contributed by atoms with van der Waals surface area (Å²) in [5.41, 5.74) is 0.461. The van der Waals surface area contributed by atoms with Gasteiger partial charge in [-0.1, -0.05) is 0 Å². The van der Waals surface area contributed by atoms with E-state index in [0.29, 0.717) is 5.54 Å². The van der Waals surface area contributed by atoms with Crippen LogP contribution in [-0.4, -0.2) is 36.6 Å². The standard InChI is InChI=1S/C11H22N2/c1-11(2)6-9(7-12-3)8-13(11)10-4-5-10/h9-10,12H,4-8H2,1-3H3. The number of likely N-dealkylation sites (tertiary alicyclic amines) is 1. The average Bonchev–Trinajstić information content (AvgIpc) is 2.78. The second-order valence-corrected chi connectivity index (χ2v) is 5.32. The summed E-state index contributed by atoms with van der Waals surface area (Å²) in [6.45, 7) is 7.31. The molecule has 1 N–H and O–H groups in total. The predicted molar refractivity (Wildman–Crippen MR) is 55.8 cm³/mol. The van der Waals surface area contributed by atoms with Crippen LogP contribution in [-0.2, 0) is 0 Å². The predicted octanol–water partition coefficient (Wildman–Crippen LogP) is 1.47. The fourth-order valence-electron chi connectivity index (χ4n) is 2.87. The van der Waals surface area contributed by atoms with Crippen molar-refractivity contribution in [1.82, 2.24) is 10.2 Å². The van der Waals surface area contributed by atoms with Crippen LogP contribution >= 0.6 is 0 Å². The average molecular weight is 182 g/mol. The van der Waals surface area contributed by atoms with E-state index in [0.717, 1.165) is 12.0 Å². The van der Waals surface area contributed by atoms with Gasteiger partial charge in [-0.25, -0.2) is 0 Å². The normalized spacial score (nSPS) is 33.9. The van der Waals surface area contributed by atoms with Gasteiger partial charge in [0.25, 0.3) is 0 Å². The molecule has 1 aliphatic carbocycles. The Balaban J connectivity index is 1.95. The molecule has 2 fully saturated rings. The third-order valence-electron chi connectivity index (χ3n) is 3.50. The summed E-state index contributed by atoms with van der Waals surface area (Å²) in [5.74, 6) is 0.876. The maximum absolute atomic E-state index is 3.30. The van der Waals surface area contributed by atoms with Crippen molar-refractivity contribution in [2.24, 2.45) is 5.92 Å². The molecule has 2 heteroatoms. The Kier molecular flexibility index (Phi) is 2.37. The highest BCUT2D eigenvalue weighted by molar-refractivity contribution is 5.00. The Morgan fingerprint density at radius 3 is 2.62 bits per heavy atom. The Bertz CT molecular complexity index is 185. The molecule has 0 amide bonds. The van der Waals surface area contributed by atoms with Gasteiger partial charge in [-0.2, -0.15) is 0 Å². The van der Waals surface area contributed by atoms with Crippen LogP contribution in [0.15, 0.2) is 0 Å². The molecule has 1 heterocycles. The van der Waals surface area contributed by atoms with Gasteiger partial charge >= 0.3 is 0 Å². The molecule has 1 aliphatic heterocycles. The molecule has 1 unspecified atom stereocenters. The minimum atomic E-state index is 0.461. The monoisotopic (exact) mass is 182 g/mol. The smallest absolute Gasteiger partial charge is 0.0159 e. The lowest BCUT2D eigenvalue weighted by Crippen LogP contribution is -2.39. The largest absolute Gasteiger partial charge is 0.319 e. The lowest BCUT2D eigenvalue weighted by Gasteiger charge is -2.31. The summed E-state index contributed by atoms with van der Waals surface area (Å²) in [6, 6.07) is 0.928.